The van der Waals surface area contributed by atoms with Crippen molar-refractivity contribution in [3.8, 4) is 0 Å². The maximum absolute atomic E-state index is 6.10. The van der Waals surface area contributed by atoms with Crippen molar-refractivity contribution in [1.29, 1.82) is 0 Å². The van der Waals surface area contributed by atoms with Gasteiger partial charge in [-0.25, -0.2) is 0 Å². The van der Waals surface area contributed by atoms with Crippen LogP contribution in [0.2, 0.25) is 5.02 Å². The van der Waals surface area contributed by atoms with Crippen LogP contribution in [0.3, 0.4) is 0 Å². The lowest BCUT2D eigenvalue weighted by Gasteiger charge is -2.11. The Labute approximate surface area is 164 Å². The third kappa shape index (κ3) is 5.77. The number of hydrogen-bond acceptors (Lipinski definition) is 3. The minimum Gasteiger partial charge on any atom is -0.467 e. The Morgan fingerprint density at radius 2 is 2.15 bits per heavy atom. The predicted molar refractivity (Wildman–Crippen MR) is 109 cm³/mol. The lowest BCUT2D eigenvalue weighted by molar-refractivity contribution is 0.105. The Balaban J connectivity index is 1.33. The van der Waals surface area contributed by atoms with E-state index in [0.29, 0.717) is 13.2 Å². The second-order valence-electron chi connectivity index (χ2n) is 6.17. The van der Waals surface area contributed by atoms with Crippen molar-refractivity contribution in [2.75, 3.05) is 26.7 Å². The van der Waals surface area contributed by atoms with Gasteiger partial charge in [-0.1, -0.05) is 11.6 Å². The van der Waals surface area contributed by atoms with E-state index in [-0.39, 0.29) is 0 Å². The third-order valence-electron chi connectivity index (χ3n) is 4.22. The highest BCUT2D eigenvalue weighted by Gasteiger charge is 2.05. The Morgan fingerprint density at radius 1 is 1.26 bits per heavy atom. The number of rotatable bonds is 9. The lowest BCUT2D eigenvalue weighted by Crippen LogP contribution is -2.39. The molecule has 0 aliphatic heterocycles. The summed E-state index contributed by atoms with van der Waals surface area (Å²) in [7, 11) is 1.77. The number of aromatic amines is 1. The van der Waals surface area contributed by atoms with Crippen LogP contribution >= 0.6 is 11.6 Å². The van der Waals surface area contributed by atoms with Gasteiger partial charge in [-0.2, -0.15) is 0 Å². The molecule has 6 nitrogen and oxygen atoms in total. The van der Waals surface area contributed by atoms with Gasteiger partial charge in [-0.05, 0) is 48.7 Å². The number of halogens is 1. The number of nitrogens with one attached hydrogen (secondary N) is 3. The summed E-state index contributed by atoms with van der Waals surface area (Å²) >= 11 is 6.10. The number of nitrogens with zero attached hydrogens (tertiary/aromatic N) is 1. The number of guanidine groups is 1. The van der Waals surface area contributed by atoms with Gasteiger partial charge in [-0.3, -0.25) is 4.99 Å². The molecule has 0 spiro atoms. The molecule has 7 heteroatoms. The lowest BCUT2D eigenvalue weighted by atomic mass is 10.1. The van der Waals surface area contributed by atoms with Crippen molar-refractivity contribution in [3.63, 3.8) is 0 Å². The smallest absolute Gasteiger partial charge is 0.190 e. The fourth-order valence-electron chi connectivity index (χ4n) is 2.84. The summed E-state index contributed by atoms with van der Waals surface area (Å²) in [6.45, 7) is 2.75. The molecule has 0 aliphatic rings. The van der Waals surface area contributed by atoms with E-state index in [0.717, 1.165) is 48.2 Å². The van der Waals surface area contributed by atoms with Gasteiger partial charge in [0.25, 0.3) is 0 Å². The maximum atomic E-state index is 6.10. The van der Waals surface area contributed by atoms with Crippen LogP contribution < -0.4 is 10.6 Å². The van der Waals surface area contributed by atoms with E-state index in [9.17, 15) is 0 Å². The van der Waals surface area contributed by atoms with Crippen molar-refractivity contribution in [2.45, 2.75) is 19.4 Å². The molecule has 0 unspecified atom stereocenters. The van der Waals surface area contributed by atoms with Crippen molar-refractivity contribution < 1.29 is 9.15 Å². The maximum Gasteiger partial charge on any atom is 0.190 e. The number of H-pyrrole nitrogens is 1. The number of aromatic nitrogens is 1. The Morgan fingerprint density at radius 3 is 2.96 bits per heavy atom. The summed E-state index contributed by atoms with van der Waals surface area (Å²) in [6, 6.07) is 9.67. The van der Waals surface area contributed by atoms with Crippen LogP contribution in [0.5, 0.6) is 0 Å². The van der Waals surface area contributed by atoms with E-state index in [1.807, 2.05) is 36.5 Å². The third-order valence-corrected chi connectivity index (χ3v) is 4.46. The predicted octanol–water partition coefficient (Wildman–Crippen LogP) is 3.73. The molecule has 0 aliphatic carbocycles. The van der Waals surface area contributed by atoms with Crippen LogP contribution in [0.1, 0.15) is 17.7 Å². The first-order valence-corrected chi connectivity index (χ1v) is 9.44. The number of aliphatic imine (C=N–C) groups is 1. The van der Waals surface area contributed by atoms with Crippen molar-refractivity contribution in [1.82, 2.24) is 15.6 Å². The molecule has 0 fully saturated rings. The van der Waals surface area contributed by atoms with Gasteiger partial charge in [0.15, 0.2) is 5.96 Å². The van der Waals surface area contributed by atoms with Gasteiger partial charge in [0.2, 0.25) is 0 Å². The first-order chi connectivity index (χ1) is 13.3. The molecule has 3 N–H and O–H groups in total. The zero-order valence-electron chi connectivity index (χ0n) is 15.4. The molecule has 1 aromatic carbocycles. The summed E-state index contributed by atoms with van der Waals surface area (Å²) in [5, 5.41) is 8.55. The van der Waals surface area contributed by atoms with Gasteiger partial charge >= 0.3 is 0 Å². The highest BCUT2D eigenvalue weighted by atomic mass is 35.5. The minimum atomic E-state index is 0.509. The second kappa shape index (κ2) is 10.0. The Bertz CT molecular complexity index is 858. The van der Waals surface area contributed by atoms with Crippen LogP contribution in [-0.4, -0.2) is 37.7 Å². The SMILES string of the molecule is CN=C(NCCCOCc1ccco1)NCCc1c[nH]c2ccc(Cl)cc12. The first-order valence-electron chi connectivity index (χ1n) is 9.06. The summed E-state index contributed by atoms with van der Waals surface area (Å²) < 4.78 is 10.8. The molecule has 0 saturated carbocycles. The average molecular weight is 389 g/mol. The monoisotopic (exact) mass is 388 g/mol. The molecule has 2 heterocycles. The van der Waals surface area contributed by atoms with Crippen LogP contribution in [-0.2, 0) is 17.8 Å². The van der Waals surface area contributed by atoms with Crippen molar-refractivity contribution in [2.24, 2.45) is 4.99 Å². The number of benzene rings is 1. The fraction of sp³-hybridized carbons (Fsp3) is 0.350. The summed E-state index contributed by atoms with van der Waals surface area (Å²) in [5.41, 5.74) is 2.34. The van der Waals surface area contributed by atoms with E-state index in [4.69, 9.17) is 20.8 Å². The number of ether oxygens (including phenoxy) is 1. The average Bonchev–Trinajstić information content (AvgIpc) is 3.33. The fourth-order valence-corrected chi connectivity index (χ4v) is 3.01. The molecule has 0 bridgehead atoms. The van der Waals surface area contributed by atoms with Crippen LogP contribution in [0, 0.1) is 0 Å². The van der Waals surface area contributed by atoms with Crippen molar-refractivity contribution in [3.05, 3.63) is 59.1 Å². The molecule has 144 valence electrons. The largest absolute Gasteiger partial charge is 0.467 e. The number of furan rings is 1. The standard InChI is InChI=1S/C20H25ClN4O2/c1-22-20(23-8-3-10-26-14-17-4-2-11-27-17)24-9-7-15-13-25-19-6-5-16(21)12-18(15)19/h2,4-6,11-13,25H,3,7-10,14H2,1H3,(H2,22,23,24). The molecule has 0 atom stereocenters. The zero-order chi connectivity index (χ0) is 18.9. The molecular weight excluding hydrogens is 364 g/mol. The van der Waals surface area contributed by atoms with Crippen molar-refractivity contribution >= 4 is 28.5 Å². The summed E-state index contributed by atoms with van der Waals surface area (Å²) in [4.78, 5) is 7.53. The Hall–Kier alpha value is -2.44. The van der Waals surface area contributed by atoms with Crippen LogP contribution in [0.4, 0.5) is 0 Å². The molecule has 0 saturated heterocycles. The number of fused-ring (bicyclic) bond motifs is 1. The quantitative estimate of drug-likeness (QED) is 0.296. The first kappa shape index (κ1) is 19.3. The molecule has 0 radical (unpaired) electrons. The van der Waals surface area contributed by atoms with E-state index in [2.05, 4.69) is 20.6 Å². The molecule has 2 aromatic heterocycles. The second-order valence-corrected chi connectivity index (χ2v) is 6.60. The minimum absolute atomic E-state index is 0.509. The zero-order valence-corrected chi connectivity index (χ0v) is 16.2. The van der Waals surface area contributed by atoms with Gasteiger partial charge in [0.1, 0.15) is 12.4 Å². The molecular formula is C20H25ClN4O2. The molecule has 0 amide bonds. The van der Waals surface area contributed by atoms with E-state index in [1.54, 1.807) is 13.3 Å². The number of hydrogen-bond donors (Lipinski definition) is 3. The highest BCUT2D eigenvalue weighted by Crippen LogP contribution is 2.22. The van der Waals surface area contributed by atoms with E-state index in [1.165, 1.54) is 10.9 Å². The van der Waals surface area contributed by atoms with Gasteiger partial charge in [-0.15, -0.1) is 0 Å². The summed E-state index contributed by atoms with van der Waals surface area (Å²) in [5.74, 6) is 1.64. The van der Waals surface area contributed by atoms with Crippen LogP contribution in [0.15, 0.2) is 52.2 Å². The molecule has 27 heavy (non-hydrogen) atoms. The molecule has 3 aromatic rings. The van der Waals surface area contributed by atoms with E-state index >= 15 is 0 Å². The van der Waals surface area contributed by atoms with Gasteiger partial charge in [0, 0.05) is 48.9 Å². The highest BCUT2D eigenvalue weighted by molar-refractivity contribution is 6.31. The van der Waals surface area contributed by atoms with Gasteiger partial charge in [0.05, 0.1) is 6.26 Å². The summed E-state index contributed by atoms with van der Waals surface area (Å²) in [6.07, 6.45) is 5.46. The normalized spacial score (nSPS) is 11.9. The van der Waals surface area contributed by atoms with Gasteiger partial charge < -0.3 is 24.8 Å². The van der Waals surface area contributed by atoms with E-state index < -0.39 is 0 Å². The molecule has 3 rings (SSSR count). The van der Waals surface area contributed by atoms with Crippen LogP contribution in [0.25, 0.3) is 10.9 Å². The topological polar surface area (TPSA) is 74.6 Å². The Kier molecular flexibility index (Phi) is 7.19.